The molecule has 0 saturated carbocycles. The topological polar surface area (TPSA) is 28.2 Å². The summed E-state index contributed by atoms with van der Waals surface area (Å²) in [5, 5.41) is 5.35. The smallest absolute Gasteiger partial charge is 0.134 e. The van der Waals surface area contributed by atoms with E-state index >= 15 is 0 Å². The van der Waals surface area contributed by atoms with Crippen LogP contribution in [-0.4, -0.2) is 35.1 Å². The van der Waals surface area contributed by atoms with Gasteiger partial charge < -0.3 is 5.32 Å². The van der Waals surface area contributed by atoms with Gasteiger partial charge in [-0.15, -0.1) is 0 Å². The number of hydrogen-bond acceptors (Lipinski definition) is 3. The van der Waals surface area contributed by atoms with Gasteiger partial charge in [0.1, 0.15) is 5.15 Å². The van der Waals surface area contributed by atoms with Gasteiger partial charge in [0.15, 0.2) is 0 Å². The molecule has 1 saturated heterocycles. The summed E-state index contributed by atoms with van der Waals surface area (Å²) >= 11 is 6.39. The highest BCUT2D eigenvalue weighted by Gasteiger charge is 2.21. The minimum Gasteiger partial charge on any atom is -0.309 e. The Morgan fingerprint density at radius 1 is 1.24 bits per heavy atom. The SMILES string of the molecule is Cc1ccc2cc(CN3CC(C)NC(C)C3)c(Cl)nc2c1. The molecule has 3 rings (SSSR count). The van der Waals surface area contributed by atoms with Gasteiger partial charge in [-0.3, -0.25) is 4.90 Å². The molecule has 0 amide bonds. The van der Waals surface area contributed by atoms with E-state index in [9.17, 15) is 0 Å². The van der Waals surface area contributed by atoms with Crippen LogP contribution >= 0.6 is 11.6 Å². The van der Waals surface area contributed by atoms with Gasteiger partial charge in [-0.05, 0) is 38.5 Å². The molecule has 2 unspecified atom stereocenters. The Bertz CT molecular complexity index is 646. The van der Waals surface area contributed by atoms with Crippen LogP contribution in [-0.2, 0) is 6.54 Å². The van der Waals surface area contributed by atoms with E-state index in [0.717, 1.165) is 36.1 Å². The summed E-state index contributed by atoms with van der Waals surface area (Å²) in [4.78, 5) is 7.02. The van der Waals surface area contributed by atoms with E-state index in [2.05, 4.69) is 60.2 Å². The van der Waals surface area contributed by atoms with Gasteiger partial charge in [-0.1, -0.05) is 23.7 Å². The van der Waals surface area contributed by atoms with Crippen LogP contribution in [0.15, 0.2) is 24.3 Å². The second-order valence-corrected chi connectivity index (χ2v) is 6.66. The first-order valence-electron chi connectivity index (χ1n) is 7.55. The Balaban J connectivity index is 1.86. The van der Waals surface area contributed by atoms with Crippen molar-refractivity contribution in [3.05, 3.63) is 40.5 Å². The number of fused-ring (bicyclic) bond motifs is 1. The molecule has 0 aliphatic carbocycles. The van der Waals surface area contributed by atoms with Crippen molar-refractivity contribution in [2.75, 3.05) is 13.1 Å². The summed E-state index contributed by atoms with van der Waals surface area (Å²) in [5.41, 5.74) is 3.31. The lowest BCUT2D eigenvalue weighted by Gasteiger charge is -2.36. The highest BCUT2D eigenvalue weighted by Crippen LogP contribution is 2.23. The zero-order chi connectivity index (χ0) is 15.0. The van der Waals surface area contributed by atoms with Gasteiger partial charge in [-0.2, -0.15) is 0 Å². The van der Waals surface area contributed by atoms with Crippen molar-refractivity contribution in [3.8, 4) is 0 Å². The van der Waals surface area contributed by atoms with E-state index in [1.165, 1.54) is 5.56 Å². The van der Waals surface area contributed by atoms with Gasteiger partial charge in [0.2, 0.25) is 0 Å². The van der Waals surface area contributed by atoms with Gasteiger partial charge in [0, 0.05) is 42.7 Å². The van der Waals surface area contributed by atoms with E-state index in [4.69, 9.17) is 11.6 Å². The minimum atomic E-state index is 0.517. The third kappa shape index (κ3) is 3.37. The molecule has 1 aromatic heterocycles. The van der Waals surface area contributed by atoms with Crippen LogP contribution < -0.4 is 5.32 Å². The lowest BCUT2D eigenvalue weighted by atomic mass is 10.1. The molecule has 112 valence electrons. The van der Waals surface area contributed by atoms with E-state index in [1.807, 2.05) is 0 Å². The average Bonchev–Trinajstić information content (AvgIpc) is 2.38. The predicted octanol–water partition coefficient (Wildman–Crippen LogP) is 3.38. The second-order valence-electron chi connectivity index (χ2n) is 6.30. The van der Waals surface area contributed by atoms with Gasteiger partial charge in [-0.25, -0.2) is 4.98 Å². The highest BCUT2D eigenvalue weighted by atomic mass is 35.5. The fourth-order valence-electron chi connectivity index (χ4n) is 3.22. The van der Waals surface area contributed by atoms with E-state index < -0.39 is 0 Å². The van der Waals surface area contributed by atoms with Crippen molar-refractivity contribution < 1.29 is 0 Å². The molecule has 1 aliphatic rings. The van der Waals surface area contributed by atoms with Gasteiger partial charge in [0.25, 0.3) is 0 Å². The molecule has 3 nitrogen and oxygen atoms in total. The molecule has 0 bridgehead atoms. The molecule has 1 fully saturated rings. The Morgan fingerprint density at radius 3 is 2.67 bits per heavy atom. The molecular formula is C17H22ClN3. The Kier molecular flexibility index (Phi) is 4.16. The van der Waals surface area contributed by atoms with Crippen molar-refractivity contribution >= 4 is 22.5 Å². The second kappa shape index (κ2) is 5.91. The maximum atomic E-state index is 6.39. The Morgan fingerprint density at radius 2 is 1.95 bits per heavy atom. The van der Waals surface area contributed by atoms with Gasteiger partial charge >= 0.3 is 0 Å². The summed E-state index contributed by atoms with van der Waals surface area (Å²) in [6, 6.07) is 9.55. The molecular weight excluding hydrogens is 282 g/mol. The molecule has 21 heavy (non-hydrogen) atoms. The molecule has 4 heteroatoms. The number of piperazine rings is 1. The molecule has 0 radical (unpaired) electrons. The fraction of sp³-hybridized carbons (Fsp3) is 0.471. The first-order chi connectivity index (χ1) is 10.0. The van der Waals surface area contributed by atoms with Crippen LogP contribution in [0, 0.1) is 6.92 Å². The summed E-state index contributed by atoms with van der Waals surface area (Å²) < 4.78 is 0. The lowest BCUT2D eigenvalue weighted by Crippen LogP contribution is -2.53. The van der Waals surface area contributed by atoms with E-state index in [1.54, 1.807) is 0 Å². The number of benzene rings is 1. The third-order valence-corrected chi connectivity index (χ3v) is 4.35. The first-order valence-corrected chi connectivity index (χ1v) is 7.93. The van der Waals surface area contributed by atoms with E-state index in [0.29, 0.717) is 17.2 Å². The molecule has 1 aromatic carbocycles. The van der Waals surface area contributed by atoms with Crippen LogP contribution in [0.25, 0.3) is 10.9 Å². The number of nitrogens with zero attached hydrogens (tertiary/aromatic N) is 2. The summed E-state index contributed by atoms with van der Waals surface area (Å²) in [6.07, 6.45) is 0. The number of rotatable bonds is 2. The van der Waals surface area contributed by atoms with Crippen LogP contribution in [0.3, 0.4) is 0 Å². The van der Waals surface area contributed by atoms with Crippen molar-refractivity contribution in [1.29, 1.82) is 0 Å². The maximum Gasteiger partial charge on any atom is 0.134 e. The third-order valence-electron chi connectivity index (χ3n) is 4.03. The quantitative estimate of drug-likeness (QED) is 0.862. The average molecular weight is 304 g/mol. The van der Waals surface area contributed by atoms with Crippen LogP contribution in [0.2, 0.25) is 5.15 Å². The molecule has 0 spiro atoms. The number of hydrogen-bond donors (Lipinski definition) is 1. The van der Waals surface area contributed by atoms with Crippen LogP contribution in [0.1, 0.15) is 25.0 Å². The van der Waals surface area contributed by atoms with E-state index in [-0.39, 0.29) is 0 Å². The Labute approximate surface area is 131 Å². The van der Waals surface area contributed by atoms with Crippen LogP contribution in [0.5, 0.6) is 0 Å². The van der Waals surface area contributed by atoms with Gasteiger partial charge in [0.05, 0.1) is 5.52 Å². The number of aryl methyl sites for hydroxylation is 1. The van der Waals surface area contributed by atoms with Crippen LogP contribution in [0.4, 0.5) is 0 Å². The molecule has 1 aliphatic heterocycles. The summed E-state index contributed by atoms with van der Waals surface area (Å²) in [6.45, 7) is 9.50. The highest BCUT2D eigenvalue weighted by molar-refractivity contribution is 6.30. The fourth-order valence-corrected chi connectivity index (χ4v) is 3.42. The monoisotopic (exact) mass is 303 g/mol. The largest absolute Gasteiger partial charge is 0.309 e. The van der Waals surface area contributed by atoms with Crippen molar-refractivity contribution in [2.24, 2.45) is 0 Å². The van der Waals surface area contributed by atoms with Crippen molar-refractivity contribution in [1.82, 2.24) is 15.2 Å². The number of halogens is 1. The first kappa shape index (κ1) is 14.8. The number of aromatic nitrogens is 1. The molecule has 2 atom stereocenters. The predicted molar refractivity (Wildman–Crippen MR) is 88.8 cm³/mol. The molecule has 1 N–H and O–H groups in total. The molecule has 2 aromatic rings. The zero-order valence-corrected chi connectivity index (χ0v) is 13.6. The lowest BCUT2D eigenvalue weighted by molar-refractivity contribution is 0.166. The molecule has 2 heterocycles. The Hall–Kier alpha value is -1.16. The van der Waals surface area contributed by atoms with Crippen molar-refractivity contribution in [2.45, 2.75) is 39.4 Å². The van der Waals surface area contributed by atoms with Crippen molar-refractivity contribution in [3.63, 3.8) is 0 Å². The summed E-state index contributed by atoms with van der Waals surface area (Å²) in [5.74, 6) is 0. The summed E-state index contributed by atoms with van der Waals surface area (Å²) in [7, 11) is 0. The standard InChI is InChI=1S/C17H22ClN3/c1-11-4-5-14-7-15(17(18)20-16(14)6-11)10-21-8-12(2)19-13(3)9-21/h4-7,12-13,19H,8-10H2,1-3H3. The number of nitrogens with one attached hydrogen (secondary N) is 1. The zero-order valence-electron chi connectivity index (χ0n) is 12.9. The maximum absolute atomic E-state index is 6.39. The minimum absolute atomic E-state index is 0.517. The number of pyridine rings is 1. The normalized spacial score (nSPS) is 23.6.